The molecule has 1 heterocycles. The summed E-state index contributed by atoms with van der Waals surface area (Å²) in [6, 6.07) is 7.96. The average molecular weight is 439 g/mol. The van der Waals surface area contributed by atoms with Gasteiger partial charge in [0.15, 0.2) is 0 Å². The fourth-order valence-electron chi connectivity index (χ4n) is 3.37. The molecule has 0 radical (unpaired) electrons. The highest BCUT2D eigenvalue weighted by Gasteiger charge is 2.26. The van der Waals surface area contributed by atoms with E-state index in [2.05, 4.69) is 10.6 Å². The van der Waals surface area contributed by atoms with Crippen molar-refractivity contribution in [3.63, 3.8) is 0 Å². The van der Waals surface area contributed by atoms with E-state index >= 15 is 0 Å². The number of amides is 2. The van der Waals surface area contributed by atoms with Crippen molar-refractivity contribution >= 4 is 34.8 Å². The number of esters is 1. The average Bonchev–Trinajstić information content (AvgIpc) is 2.82. The first-order chi connectivity index (χ1) is 15.2. The first-order valence-corrected chi connectivity index (χ1v) is 10.3. The summed E-state index contributed by atoms with van der Waals surface area (Å²) in [5.74, 6) is -1.70. The Hall–Kier alpha value is -3.68. The number of halogens is 1. The summed E-state index contributed by atoms with van der Waals surface area (Å²) in [5, 5.41) is 5.84. The van der Waals surface area contributed by atoms with Crippen molar-refractivity contribution in [3.8, 4) is 0 Å². The summed E-state index contributed by atoms with van der Waals surface area (Å²) in [7, 11) is 0. The monoisotopic (exact) mass is 439 g/mol. The van der Waals surface area contributed by atoms with Crippen molar-refractivity contribution < 1.29 is 23.5 Å². The summed E-state index contributed by atoms with van der Waals surface area (Å²) in [5.41, 5.74) is 4.31. The summed E-state index contributed by atoms with van der Waals surface area (Å²) < 4.78 is 18.5. The molecule has 2 aromatic rings. The summed E-state index contributed by atoms with van der Waals surface area (Å²) >= 11 is 0. The number of fused-ring (bicyclic) bond motifs is 1. The van der Waals surface area contributed by atoms with Crippen LogP contribution in [0, 0.1) is 26.6 Å². The third-order valence-electron chi connectivity index (χ3n) is 5.15. The molecule has 0 bridgehead atoms. The number of aryl methyl sites for hydroxylation is 3. The number of nitrogens with one attached hydrogen (secondary N) is 2. The largest absolute Gasteiger partial charge is 0.466 e. The maximum atomic E-state index is 13.5. The molecule has 1 aliphatic rings. The molecule has 32 heavy (non-hydrogen) atoms. The van der Waals surface area contributed by atoms with Gasteiger partial charge in [-0.05, 0) is 74.7 Å². The molecule has 2 N–H and O–H groups in total. The standard InChI is InChI=1S/C24H26FN3O4/c1-5-32-24(31)12-18-11-23(30)28(21-10-15(3)14(2)9-20(21)26-18)13-22(29)27-17-6-7-19(25)16(4)8-17/h6-11,26H,5,12-13H2,1-4H3,(H,27,29). The highest BCUT2D eigenvalue weighted by Crippen LogP contribution is 2.33. The Labute approximate surface area is 186 Å². The number of anilines is 3. The highest BCUT2D eigenvalue weighted by molar-refractivity contribution is 6.10. The topological polar surface area (TPSA) is 87.7 Å². The summed E-state index contributed by atoms with van der Waals surface area (Å²) in [6.45, 7) is 7.15. The molecule has 3 rings (SSSR count). The third kappa shape index (κ3) is 5.32. The van der Waals surface area contributed by atoms with Gasteiger partial charge in [-0.2, -0.15) is 0 Å². The molecule has 168 valence electrons. The second kappa shape index (κ2) is 9.64. The molecule has 0 aliphatic carbocycles. The van der Waals surface area contributed by atoms with E-state index in [9.17, 15) is 18.8 Å². The Morgan fingerprint density at radius 1 is 1.09 bits per heavy atom. The lowest BCUT2D eigenvalue weighted by atomic mass is 10.1. The minimum absolute atomic E-state index is 0.0964. The summed E-state index contributed by atoms with van der Waals surface area (Å²) in [6.07, 6.45) is 1.21. The molecule has 1 aliphatic heterocycles. The van der Waals surface area contributed by atoms with Gasteiger partial charge < -0.3 is 15.4 Å². The van der Waals surface area contributed by atoms with Crippen molar-refractivity contribution in [2.45, 2.75) is 34.1 Å². The molecule has 2 amide bonds. The molecule has 0 unspecified atom stereocenters. The van der Waals surface area contributed by atoms with Crippen LogP contribution in [-0.2, 0) is 19.1 Å². The van der Waals surface area contributed by atoms with Crippen molar-refractivity contribution in [1.29, 1.82) is 0 Å². The number of carbonyl (C=O) groups is 3. The zero-order valence-electron chi connectivity index (χ0n) is 18.5. The molecule has 0 atom stereocenters. The molecular formula is C24H26FN3O4. The van der Waals surface area contributed by atoms with Gasteiger partial charge in [0.25, 0.3) is 5.91 Å². The van der Waals surface area contributed by atoms with Gasteiger partial charge in [0.2, 0.25) is 5.91 Å². The molecule has 2 aromatic carbocycles. The smallest absolute Gasteiger partial charge is 0.311 e. The Bertz CT molecular complexity index is 1110. The summed E-state index contributed by atoms with van der Waals surface area (Å²) in [4.78, 5) is 39.1. The van der Waals surface area contributed by atoms with Gasteiger partial charge in [0.1, 0.15) is 12.4 Å². The zero-order chi connectivity index (χ0) is 23.4. The van der Waals surface area contributed by atoms with E-state index < -0.39 is 17.8 Å². The van der Waals surface area contributed by atoms with Gasteiger partial charge in [-0.25, -0.2) is 4.39 Å². The van der Waals surface area contributed by atoms with Crippen LogP contribution in [0.15, 0.2) is 42.1 Å². The Balaban J connectivity index is 1.89. The maximum Gasteiger partial charge on any atom is 0.311 e. The van der Waals surface area contributed by atoms with Crippen molar-refractivity contribution in [2.24, 2.45) is 0 Å². The van der Waals surface area contributed by atoms with Crippen LogP contribution in [0.4, 0.5) is 21.5 Å². The Morgan fingerprint density at radius 2 is 1.81 bits per heavy atom. The third-order valence-corrected chi connectivity index (χ3v) is 5.15. The Morgan fingerprint density at radius 3 is 2.50 bits per heavy atom. The van der Waals surface area contributed by atoms with E-state index in [1.54, 1.807) is 13.8 Å². The molecule has 0 saturated carbocycles. The number of ether oxygens (including phenoxy) is 1. The van der Waals surface area contributed by atoms with Crippen LogP contribution < -0.4 is 15.5 Å². The molecule has 0 fully saturated rings. The number of carbonyl (C=O) groups excluding carboxylic acids is 3. The normalized spacial score (nSPS) is 13.0. The lowest BCUT2D eigenvalue weighted by Gasteiger charge is -2.23. The van der Waals surface area contributed by atoms with Gasteiger partial charge in [-0.3, -0.25) is 19.3 Å². The number of hydrogen-bond acceptors (Lipinski definition) is 5. The minimum Gasteiger partial charge on any atom is -0.466 e. The van der Waals surface area contributed by atoms with Crippen LogP contribution in [0.2, 0.25) is 0 Å². The van der Waals surface area contributed by atoms with Gasteiger partial charge in [0, 0.05) is 17.5 Å². The van der Waals surface area contributed by atoms with Crippen LogP contribution in [0.25, 0.3) is 0 Å². The fraction of sp³-hybridized carbons (Fsp3) is 0.292. The Kier molecular flexibility index (Phi) is 6.92. The van der Waals surface area contributed by atoms with Crippen LogP contribution >= 0.6 is 0 Å². The predicted octanol–water partition coefficient (Wildman–Crippen LogP) is 3.99. The minimum atomic E-state index is -0.456. The second-order valence-electron chi connectivity index (χ2n) is 7.67. The lowest BCUT2D eigenvalue weighted by molar-refractivity contribution is -0.142. The van der Waals surface area contributed by atoms with Gasteiger partial charge in [-0.15, -0.1) is 0 Å². The van der Waals surface area contributed by atoms with Crippen molar-refractivity contribution in [1.82, 2.24) is 0 Å². The number of hydrogen-bond donors (Lipinski definition) is 2. The van der Waals surface area contributed by atoms with Gasteiger partial charge >= 0.3 is 5.97 Å². The number of rotatable bonds is 6. The molecule has 8 heteroatoms. The first kappa shape index (κ1) is 23.0. The lowest BCUT2D eigenvalue weighted by Crippen LogP contribution is -2.37. The maximum absolute atomic E-state index is 13.5. The number of benzene rings is 2. The molecule has 0 spiro atoms. The fourth-order valence-corrected chi connectivity index (χ4v) is 3.37. The zero-order valence-corrected chi connectivity index (χ0v) is 18.5. The second-order valence-corrected chi connectivity index (χ2v) is 7.67. The van der Waals surface area contributed by atoms with E-state index in [1.807, 2.05) is 26.0 Å². The highest BCUT2D eigenvalue weighted by atomic mass is 19.1. The van der Waals surface area contributed by atoms with Crippen LogP contribution in [0.3, 0.4) is 0 Å². The molecule has 7 nitrogen and oxygen atoms in total. The SMILES string of the molecule is CCOC(=O)CC1=CC(=O)N(CC(=O)Nc2ccc(F)c(C)c2)c2cc(C)c(C)cc2N1. The van der Waals surface area contributed by atoms with Crippen molar-refractivity contribution in [3.05, 3.63) is 64.6 Å². The van der Waals surface area contributed by atoms with Gasteiger partial charge in [-0.1, -0.05) is 0 Å². The number of nitrogens with zero attached hydrogens (tertiary/aromatic N) is 1. The van der Waals surface area contributed by atoms with E-state index in [0.717, 1.165) is 11.1 Å². The molecular weight excluding hydrogens is 413 g/mol. The molecule has 0 saturated heterocycles. The van der Waals surface area contributed by atoms with E-state index in [0.29, 0.717) is 28.3 Å². The van der Waals surface area contributed by atoms with Crippen LogP contribution in [0.1, 0.15) is 30.0 Å². The molecule has 0 aromatic heterocycles. The predicted molar refractivity (Wildman–Crippen MR) is 121 cm³/mol. The van der Waals surface area contributed by atoms with Crippen LogP contribution in [0.5, 0.6) is 0 Å². The van der Waals surface area contributed by atoms with Gasteiger partial charge in [0.05, 0.1) is 24.4 Å². The van der Waals surface area contributed by atoms with E-state index in [-0.39, 0.29) is 25.4 Å². The van der Waals surface area contributed by atoms with Crippen molar-refractivity contribution in [2.75, 3.05) is 28.7 Å². The van der Waals surface area contributed by atoms with E-state index in [4.69, 9.17) is 4.74 Å². The van der Waals surface area contributed by atoms with Crippen LogP contribution in [-0.4, -0.2) is 30.9 Å². The van der Waals surface area contributed by atoms with E-state index in [1.165, 1.54) is 29.2 Å². The quantitative estimate of drug-likeness (QED) is 0.665. The first-order valence-electron chi connectivity index (χ1n) is 10.3.